The van der Waals surface area contributed by atoms with E-state index in [4.69, 9.17) is 5.73 Å². The Morgan fingerprint density at radius 3 is 1.36 bits per heavy atom. The molecular weight excluding hydrogens is 398 g/mol. The number of hydrogen-bond donors (Lipinski definition) is 1. The van der Waals surface area contributed by atoms with Crippen LogP contribution in [0.4, 0.5) is 0 Å². The minimum atomic E-state index is -3.74. The fraction of sp³-hybridized carbons (Fsp3) is 0.368. The van der Waals surface area contributed by atoms with E-state index in [0.29, 0.717) is 0 Å². The summed E-state index contributed by atoms with van der Waals surface area (Å²) in [7, 11) is -7.48. The van der Waals surface area contributed by atoms with Crippen molar-refractivity contribution in [1.29, 1.82) is 0 Å². The van der Waals surface area contributed by atoms with Gasteiger partial charge in [0.2, 0.25) is 20.0 Å². The Morgan fingerprint density at radius 2 is 1.04 bits per heavy atom. The first-order chi connectivity index (χ1) is 13.1. The second kappa shape index (κ2) is 7.92. The topological polar surface area (TPSA) is 101 Å². The first kappa shape index (κ1) is 20.9. The van der Waals surface area contributed by atoms with Crippen molar-refractivity contribution < 1.29 is 16.8 Å². The van der Waals surface area contributed by atoms with Crippen molar-refractivity contribution in [3.05, 3.63) is 59.7 Å². The maximum absolute atomic E-state index is 13.0. The van der Waals surface area contributed by atoms with Gasteiger partial charge < -0.3 is 5.73 Å². The van der Waals surface area contributed by atoms with Crippen LogP contribution in [0, 0.1) is 13.8 Å². The van der Waals surface area contributed by atoms with Gasteiger partial charge in [0.05, 0.1) is 9.79 Å². The van der Waals surface area contributed by atoms with Crippen molar-refractivity contribution in [1.82, 2.24) is 8.61 Å². The average Bonchev–Trinajstić information content (AvgIpc) is 2.85. The molecule has 0 aliphatic carbocycles. The third-order valence-corrected chi connectivity index (χ3v) is 8.55. The highest BCUT2D eigenvalue weighted by Crippen LogP contribution is 2.22. The molecule has 7 nitrogen and oxygen atoms in total. The molecule has 0 aromatic heterocycles. The molecule has 1 heterocycles. The van der Waals surface area contributed by atoms with Gasteiger partial charge in [0, 0.05) is 32.2 Å². The lowest BCUT2D eigenvalue weighted by molar-refractivity contribution is 0.404. The van der Waals surface area contributed by atoms with Crippen molar-refractivity contribution in [2.24, 2.45) is 5.73 Å². The zero-order chi connectivity index (χ0) is 20.5. The number of hydrogen-bond acceptors (Lipinski definition) is 5. The Labute approximate surface area is 166 Å². The van der Waals surface area contributed by atoms with E-state index in [2.05, 4.69) is 0 Å². The highest BCUT2D eigenvalue weighted by atomic mass is 32.2. The van der Waals surface area contributed by atoms with Gasteiger partial charge >= 0.3 is 0 Å². The number of benzene rings is 2. The van der Waals surface area contributed by atoms with Gasteiger partial charge in [-0.3, -0.25) is 0 Å². The molecule has 2 aromatic rings. The minimum Gasteiger partial charge on any atom is -0.325 e. The van der Waals surface area contributed by atoms with E-state index >= 15 is 0 Å². The Balaban J connectivity index is 1.84. The van der Waals surface area contributed by atoms with Gasteiger partial charge in [-0.1, -0.05) is 35.4 Å². The second-order valence-electron chi connectivity index (χ2n) is 7.11. The normalized spacial score (nSPS) is 18.1. The van der Waals surface area contributed by atoms with E-state index in [1.54, 1.807) is 48.5 Å². The Bertz CT molecular complexity index is 948. The predicted octanol–water partition coefficient (Wildman–Crippen LogP) is 1.33. The molecule has 0 atom stereocenters. The van der Waals surface area contributed by atoms with Crippen LogP contribution in [-0.4, -0.2) is 57.7 Å². The largest absolute Gasteiger partial charge is 0.325 e. The summed E-state index contributed by atoms with van der Waals surface area (Å²) in [6, 6.07) is 12.5. The van der Waals surface area contributed by atoms with Crippen LogP contribution in [0.15, 0.2) is 58.3 Å². The smallest absolute Gasteiger partial charge is 0.243 e. The summed E-state index contributed by atoms with van der Waals surface area (Å²) >= 11 is 0. The molecule has 0 spiro atoms. The molecule has 1 saturated heterocycles. The Kier molecular flexibility index (Phi) is 5.92. The van der Waals surface area contributed by atoms with Gasteiger partial charge in [-0.15, -0.1) is 0 Å². The number of sulfonamides is 2. The van der Waals surface area contributed by atoms with Crippen LogP contribution >= 0.6 is 0 Å². The van der Waals surface area contributed by atoms with Crippen LogP contribution in [0.5, 0.6) is 0 Å². The summed E-state index contributed by atoms with van der Waals surface area (Å²) in [4.78, 5) is 0.361. The van der Waals surface area contributed by atoms with E-state index in [9.17, 15) is 16.8 Å². The van der Waals surface area contributed by atoms with Gasteiger partial charge in [-0.05, 0) is 38.1 Å². The summed E-state index contributed by atoms with van der Waals surface area (Å²) < 4.78 is 54.4. The molecule has 0 amide bonds. The van der Waals surface area contributed by atoms with Gasteiger partial charge in [0.15, 0.2) is 0 Å². The number of nitrogens with zero attached hydrogens (tertiary/aromatic N) is 2. The lowest BCUT2D eigenvalue weighted by atomic mass is 10.2. The van der Waals surface area contributed by atoms with Crippen molar-refractivity contribution >= 4 is 20.0 Å². The van der Waals surface area contributed by atoms with Crippen LogP contribution in [0.3, 0.4) is 0 Å². The van der Waals surface area contributed by atoms with Crippen LogP contribution < -0.4 is 5.73 Å². The number of aryl methyl sites for hydroxylation is 2. The summed E-state index contributed by atoms with van der Waals surface area (Å²) in [5.41, 5.74) is 8.02. The van der Waals surface area contributed by atoms with Crippen molar-refractivity contribution in [3.8, 4) is 0 Å². The molecule has 0 bridgehead atoms. The standard InChI is InChI=1S/C19H25N3O4S2/c1-15-3-7-18(8-4-15)27(23,24)21-11-12-22(14-17(20)13-21)28(25,26)19-9-5-16(2)6-10-19/h3-10,17H,11-14,20H2,1-2H3. The number of nitrogens with two attached hydrogens (primary N) is 1. The van der Waals surface area contributed by atoms with E-state index < -0.39 is 26.1 Å². The maximum atomic E-state index is 13.0. The third-order valence-electron chi connectivity index (χ3n) is 4.79. The summed E-state index contributed by atoms with van der Waals surface area (Å²) in [6.45, 7) is 3.99. The van der Waals surface area contributed by atoms with Crippen LogP contribution in [0.2, 0.25) is 0 Å². The minimum absolute atomic E-state index is 0.0506. The molecule has 3 rings (SSSR count). The lowest BCUT2D eigenvalue weighted by Crippen LogP contribution is -2.43. The molecule has 28 heavy (non-hydrogen) atoms. The molecule has 1 aliphatic rings. The highest BCUT2D eigenvalue weighted by Gasteiger charge is 2.34. The SMILES string of the molecule is Cc1ccc(S(=O)(=O)N2CCN(S(=O)(=O)c3ccc(C)cc3)CC(N)C2)cc1. The summed E-state index contributed by atoms with van der Waals surface area (Å²) in [6.07, 6.45) is 0. The first-order valence-electron chi connectivity index (χ1n) is 9.00. The third kappa shape index (κ3) is 4.28. The molecular formula is C19H25N3O4S2. The molecule has 2 aromatic carbocycles. The molecule has 9 heteroatoms. The molecule has 1 aliphatic heterocycles. The highest BCUT2D eigenvalue weighted by molar-refractivity contribution is 7.89. The maximum Gasteiger partial charge on any atom is 0.243 e. The molecule has 0 unspecified atom stereocenters. The second-order valence-corrected chi connectivity index (χ2v) is 11.0. The van der Waals surface area contributed by atoms with E-state index in [1.165, 1.54) is 8.61 Å². The van der Waals surface area contributed by atoms with Crippen molar-refractivity contribution in [3.63, 3.8) is 0 Å². The zero-order valence-electron chi connectivity index (χ0n) is 15.9. The predicted molar refractivity (Wildman–Crippen MR) is 108 cm³/mol. The summed E-state index contributed by atoms with van der Waals surface area (Å²) in [5.74, 6) is 0. The zero-order valence-corrected chi connectivity index (χ0v) is 17.6. The quantitative estimate of drug-likeness (QED) is 0.799. The first-order valence-corrected chi connectivity index (χ1v) is 11.9. The lowest BCUT2D eigenvalue weighted by Gasteiger charge is -2.21. The molecule has 2 N–H and O–H groups in total. The Hall–Kier alpha value is -1.78. The number of rotatable bonds is 4. The molecule has 0 radical (unpaired) electrons. The van der Waals surface area contributed by atoms with E-state index in [1.807, 2.05) is 13.8 Å². The van der Waals surface area contributed by atoms with Gasteiger partial charge in [0.25, 0.3) is 0 Å². The molecule has 1 fully saturated rings. The van der Waals surface area contributed by atoms with Gasteiger partial charge in [0.1, 0.15) is 0 Å². The van der Waals surface area contributed by atoms with Crippen LogP contribution in [0.1, 0.15) is 11.1 Å². The fourth-order valence-electron chi connectivity index (χ4n) is 3.14. The van der Waals surface area contributed by atoms with Crippen LogP contribution in [-0.2, 0) is 20.0 Å². The Morgan fingerprint density at radius 1 is 0.714 bits per heavy atom. The molecule has 0 saturated carbocycles. The van der Waals surface area contributed by atoms with Gasteiger partial charge in [-0.25, -0.2) is 16.8 Å². The summed E-state index contributed by atoms with van der Waals surface area (Å²) in [5, 5.41) is 0. The van der Waals surface area contributed by atoms with E-state index in [0.717, 1.165) is 11.1 Å². The fourth-order valence-corrected chi connectivity index (χ4v) is 6.12. The van der Waals surface area contributed by atoms with Gasteiger partial charge in [-0.2, -0.15) is 8.61 Å². The molecule has 152 valence electrons. The van der Waals surface area contributed by atoms with Crippen LogP contribution in [0.25, 0.3) is 0 Å². The average molecular weight is 424 g/mol. The van der Waals surface area contributed by atoms with Crippen molar-refractivity contribution in [2.45, 2.75) is 29.7 Å². The van der Waals surface area contributed by atoms with Crippen molar-refractivity contribution in [2.75, 3.05) is 26.2 Å². The monoisotopic (exact) mass is 423 g/mol. The van der Waals surface area contributed by atoms with E-state index in [-0.39, 0.29) is 36.0 Å².